The Bertz CT molecular complexity index is 594. The highest BCUT2D eigenvalue weighted by molar-refractivity contribution is 6.30. The lowest BCUT2D eigenvalue weighted by atomic mass is 9.84. The van der Waals surface area contributed by atoms with Crippen molar-refractivity contribution in [3.05, 3.63) is 31.6 Å². The SMILES string of the molecule is Cc1[nH]c(=O)n(CC23CCC(CC2)C3)c(=O)c1Cl. The molecule has 0 saturated heterocycles. The second-order valence-electron chi connectivity index (χ2n) is 5.91. The largest absolute Gasteiger partial charge is 0.328 e. The minimum atomic E-state index is -0.345. The first-order valence-electron chi connectivity index (χ1n) is 6.50. The first-order valence-corrected chi connectivity index (χ1v) is 6.88. The lowest BCUT2D eigenvalue weighted by Gasteiger charge is -2.26. The molecule has 4 nitrogen and oxygen atoms in total. The number of fused-ring (bicyclic) bond motifs is 2. The van der Waals surface area contributed by atoms with Gasteiger partial charge >= 0.3 is 5.69 Å². The second-order valence-corrected chi connectivity index (χ2v) is 6.29. The summed E-state index contributed by atoms with van der Waals surface area (Å²) in [6.45, 7) is 2.17. The number of rotatable bonds is 2. The Morgan fingerprint density at radius 1 is 1.39 bits per heavy atom. The van der Waals surface area contributed by atoms with Crippen LogP contribution in [0.1, 0.15) is 37.8 Å². The average Bonchev–Trinajstić information content (AvgIpc) is 2.92. The van der Waals surface area contributed by atoms with Crippen LogP contribution >= 0.6 is 11.6 Å². The van der Waals surface area contributed by atoms with Crippen LogP contribution in [0.15, 0.2) is 9.59 Å². The monoisotopic (exact) mass is 268 g/mol. The van der Waals surface area contributed by atoms with Crippen LogP contribution in [0, 0.1) is 18.3 Å². The van der Waals surface area contributed by atoms with Crippen LogP contribution in [0.4, 0.5) is 0 Å². The van der Waals surface area contributed by atoms with Crippen molar-refractivity contribution in [1.82, 2.24) is 9.55 Å². The van der Waals surface area contributed by atoms with E-state index >= 15 is 0 Å². The maximum atomic E-state index is 12.1. The zero-order valence-corrected chi connectivity index (χ0v) is 11.2. The Morgan fingerprint density at radius 2 is 2.06 bits per heavy atom. The van der Waals surface area contributed by atoms with Crippen LogP contribution < -0.4 is 11.2 Å². The number of nitrogens with one attached hydrogen (secondary N) is 1. The van der Waals surface area contributed by atoms with E-state index in [-0.39, 0.29) is 21.7 Å². The number of hydrogen-bond donors (Lipinski definition) is 1. The van der Waals surface area contributed by atoms with Gasteiger partial charge in [-0.3, -0.25) is 9.36 Å². The van der Waals surface area contributed by atoms with Crippen molar-refractivity contribution in [3.8, 4) is 0 Å². The second kappa shape index (κ2) is 3.98. The van der Waals surface area contributed by atoms with Gasteiger partial charge < -0.3 is 4.98 Å². The number of aromatic amines is 1. The summed E-state index contributed by atoms with van der Waals surface area (Å²) in [5.74, 6) is 0.806. The molecule has 0 aliphatic heterocycles. The fraction of sp³-hybridized carbons (Fsp3) is 0.692. The molecule has 0 unspecified atom stereocenters. The Hall–Kier alpha value is -1.03. The first kappa shape index (κ1) is 12.0. The fourth-order valence-electron chi connectivity index (χ4n) is 3.67. The molecule has 2 saturated carbocycles. The van der Waals surface area contributed by atoms with Gasteiger partial charge in [0.05, 0.1) is 0 Å². The highest BCUT2D eigenvalue weighted by atomic mass is 35.5. The molecule has 1 heterocycles. The van der Waals surface area contributed by atoms with E-state index in [9.17, 15) is 9.59 Å². The summed E-state index contributed by atoms with van der Waals surface area (Å²) in [4.78, 5) is 26.7. The van der Waals surface area contributed by atoms with Crippen molar-refractivity contribution in [3.63, 3.8) is 0 Å². The van der Waals surface area contributed by atoms with Crippen molar-refractivity contribution in [1.29, 1.82) is 0 Å². The maximum Gasteiger partial charge on any atom is 0.328 e. The molecule has 18 heavy (non-hydrogen) atoms. The fourth-order valence-corrected chi connectivity index (χ4v) is 3.82. The third-order valence-electron chi connectivity index (χ3n) is 4.68. The molecule has 2 aliphatic carbocycles. The van der Waals surface area contributed by atoms with E-state index in [2.05, 4.69) is 4.98 Å². The Morgan fingerprint density at radius 3 is 2.61 bits per heavy atom. The van der Waals surface area contributed by atoms with Gasteiger partial charge in [0, 0.05) is 12.2 Å². The van der Waals surface area contributed by atoms with Gasteiger partial charge in [0.1, 0.15) is 5.02 Å². The summed E-state index contributed by atoms with van der Waals surface area (Å²) in [5, 5.41) is 0.138. The van der Waals surface area contributed by atoms with Crippen LogP contribution in [-0.2, 0) is 6.54 Å². The number of aromatic nitrogens is 2. The number of halogens is 1. The number of hydrogen-bond acceptors (Lipinski definition) is 2. The van der Waals surface area contributed by atoms with Crippen molar-refractivity contribution in [2.24, 2.45) is 11.3 Å². The molecule has 2 aliphatic rings. The van der Waals surface area contributed by atoms with E-state index in [0.29, 0.717) is 12.2 Å². The molecule has 1 aromatic rings. The molecular formula is C13H17ClN2O2. The summed E-state index contributed by atoms with van der Waals surface area (Å²) in [7, 11) is 0. The van der Waals surface area contributed by atoms with Crippen LogP contribution in [0.2, 0.25) is 5.02 Å². The lowest BCUT2D eigenvalue weighted by molar-refractivity contribution is 0.241. The quantitative estimate of drug-likeness (QED) is 0.893. The van der Waals surface area contributed by atoms with Crippen LogP contribution in [-0.4, -0.2) is 9.55 Å². The van der Waals surface area contributed by atoms with E-state index in [1.807, 2.05) is 0 Å². The highest BCUT2D eigenvalue weighted by Gasteiger charge is 2.45. The minimum Gasteiger partial charge on any atom is -0.310 e. The summed E-state index contributed by atoms with van der Waals surface area (Å²) in [6, 6.07) is 0. The molecule has 0 atom stereocenters. The first-order chi connectivity index (χ1) is 8.51. The van der Waals surface area contributed by atoms with Gasteiger partial charge in [-0.2, -0.15) is 0 Å². The predicted octanol–water partition coefficient (Wildman–Crippen LogP) is 2.08. The zero-order valence-electron chi connectivity index (χ0n) is 10.5. The van der Waals surface area contributed by atoms with Crippen LogP contribution in [0.25, 0.3) is 0 Å². The zero-order chi connectivity index (χ0) is 12.9. The lowest BCUT2D eigenvalue weighted by Crippen LogP contribution is -2.40. The van der Waals surface area contributed by atoms with Gasteiger partial charge in [-0.1, -0.05) is 11.6 Å². The van der Waals surface area contributed by atoms with E-state index in [1.165, 1.54) is 17.4 Å². The van der Waals surface area contributed by atoms with Crippen LogP contribution in [0.5, 0.6) is 0 Å². The molecule has 98 valence electrons. The maximum absolute atomic E-state index is 12.1. The topological polar surface area (TPSA) is 54.9 Å². The Kier molecular flexibility index (Phi) is 2.66. The standard InChI is InChI=1S/C13H17ClN2O2/c1-8-10(14)11(17)16(12(18)15-8)7-13-4-2-9(6-13)3-5-13/h9H,2-7H2,1H3,(H,15,18). The average molecular weight is 269 g/mol. The van der Waals surface area contributed by atoms with Gasteiger partial charge in [-0.15, -0.1) is 0 Å². The molecule has 0 aromatic carbocycles. The van der Waals surface area contributed by atoms with Gasteiger partial charge in [0.25, 0.3) is 5.56 Å². The third kappa shape index (κ3) is 1.74. The van der Waals surface area contributed by atoms with Gasteiger partial charge in [-0.05, 0) is 50.4 Å². The molecular weight excluding hydrogens is 252 g/mol. The molecule has 1 aromatic heterocycles. The third-order valence-corrected chi connectivity index (χ3v) is 5.13. The summed E-state index contributed by atoms with van der Waals surface area (Å²) in [6.07, 6.45) is 5.91. The molecule has 0 radical (unpaired) electrons. The van der Waals surface area contributed by atoms with Gasteiger partial charge in [0.15, 0.2) is 0 Å². The molecule has 2 fully saturated rings. The van der Waals surface area contributed by atoms with Gasteiger partial charge in [-0.25, -0.2) is 4.79 Å². The van der Waals surface area contributed by atoms with E-state index in [1.54, 1.807) is 6.92 Å². The minimum absolute atomic E-state index is 0.138. The van der Waals surface area contributed by atoms with Crippen molar-refractivity contribution < 1.29 is 0 Å². The summed E-state index contributed by atoms with van der Waals surface area (Å²) >= 11 is 5.94. The summed E-state index contributed by atoms with van der Waals surface area (Å²) in [5.41, 5.74) is -0.0505. The Balaban J connectivity index is 2.01. The van der Waals surface area contributed by atoms with E-state index < -0.39 is 0 Å². The molecule has 2 bridgehead atoms. The van der Waals surface area contributed by atoms with Crippen molar-refractivity contribution in [2.45, 2.75) is 45.6 Å². The summed E-state index contributed by atoms with van der Waals surface area (Å²) < 4.78 is 1.29. The number of aryl methyl sites for hydroxylation is 1. The predicted molar refractivity (Wildman–Crippen MR) is 70.1 cm³/mol. The van der Waals surface area contributed by atoms with Crippen molar-refractivity contribution >= 4 is 11.6 Å². The Labute approximate surface area is 110 Å². The number of nitrogens with zero attached hydrogens (tertiary/aromatic N) is 1. The van der Waals surface area contributed by atoms with E-state index in [4.69, 9.17) is 11.6 Å². The molecule has 0 amide bonds. The van der Waals surface area contributed by atoms with Gasteiger partial charge in [0.2, 0.25) is 0 Å². The highest BCUT2D eigenvalue weighted by Crippen LogP contribution is 2.54. The normalized spacial score (nSPS) is 30.0. The van der Waals surface area contributed by atoms with E-state index in [0.717, 1.165) is 25.2 Å². The molecule has 0 spiro atoms. The number of H-pyrrole nitrogens is 1. The van der Waals surface area contributed by atoms with Crippen LogP contribution in [0.3, 0.4) is 0 Å². The molecule has 3 rings (SSSR count). The molecule has 5 heteroatoms. The smallest absolute Gasteiger partial charge is 0.310 e. The molecule has 1 N–H and O–H groups in total. The van der Waals surface area contributed by atoms with Crippen molar-refractivity contribution in [2.75, 3.05) is 0 Å².